The Morgan fingerprint density at radius 3 is 2.52 bits per heavy atom. The lowest BCUT2D eigenvalue weighted by Crippen LogP contribution is -2.33. The largest absolute Gasteiger partial charge is 0.490 e. The minimum absolute atomic E-state index is 0.0751. The molecule has 0 aromatic heterocycles. The summed E-state index contributed by atoms with van der Waals surface area (Å²) in [6.07, 6.45) is 0.0751. The molecule has 0 atom stereocenters. The van der Waals surface area contributed by atoms with Gasteiger partial charge in [-0.3, -0.25) is 19.7 Å². The molecule has 1 aromatic rings. The minimum atomic E-state index is -0.607. The molecule has 8 heteroatoms. The molecule has 0 unspecified atom stereocenters. The van der Waals surface area contributed by atoms with Crippen molar-refractivity contribution in [1.82, 2.24) is 4.90 Å². The van der Waals surface area contributed by atoms with Crippen molar-refractivity contribution in [2.75, 3.05) is 26.8 Å². The zero-order valence-electron chi connectivity index (χ0n) is 13.4. The fraction of sp³-hybridized carbons (Fsp3) is 0.467. The van der Waals surface area contributed by atoms with Crippen LogP contribution in [0.5, 0.6) is 5.75 Å². The topological polar surface area (TPSA) is 99.0 Å². The second-order valence-electron chi connectivity index (χ2n) is 4.58. The van der Waals surface area contributed by atoms with Gasteiger partial charge in [0.15, 0.2) is 5.75 Å². The van der Waals surface area contributed by atoms with E-state index in [-0.39, 0.29) is 48.4 Å². The second kappa shape index (κ2) is 8.72. The molecule has 0 saturated heterocycles. The smallest absolute Gasteiger partial charge is 0.311 e. The highest BCUT2D eigenvalue weighted by molar-refractivity contribution is 5.95. The Labute approximate surface area is 134 Å². The van der Waals surface area contributed by atoms with E-state index in [2.05, 4.69) is 0 Å². The number of amides is 1. The van der Waals surface area contributed by atoms with Crippen LogP contribution in [0.4, 0.5) is 5.69 Å². The van der Waals surface area contributed by atoms with E-state index < -0.39 is 4.92 Å². The fourth-order valence-corrected chi connectivity index (χ4v) is 2.01. The number of hydrogen-bond donors (Lipinski definition) is 0. The summed E-state index contributed by atoms with van der Waals surface area (Å²) in [4.78, 5) is 35.7. The van der Waals surface area contributed by atoms with Gasteiger partial charge in [0.05, 0.1) is 25.1 Å². The zero-order chi connectivity index (χ0) is 17.4. The van der Waals surface area contributed by atoms with Gasteiger partial charge in [-0.2, -0.15) is 0 Å². The second-order valence-corrected chi connectivity index (χ2v) is 4.58. The number of hydrogen-bond acceptors (Lipinski definition) is 6. The average molecular weight is 324 g/mol. The van der Waals surface area contributed by atoms with Gasteiger partial charge in [-0.05, 0) is 26.0 Å². The van der Waals surface area contributed by atoms with Crippen LogP contribution < -0.4 is 4.74 Å². The van der Waals surface area contributed by atoms with Crippen molar-refractivity contribution < 1.29 is 24.0 Å². The van der Waals surface area contributed by atoms with Crippen molar-refractivity contribution in [1.29, 1.82) is 0 Å². The van der Waals surface area contributed by atoms with Gasteiger partial charge < -0.3 is 14.4 Å². The molecule has 0 aliphatic heterocycles. The first-order valence-electron chi connectivity index (χ1n) is 7.21. The van der Waals surface area contributed by atoms with E-state index in [9.17, 15) is 19.7 Å². The molecule has 1 rings (SSSR count). The molecular weight excluding hydrogens is 304 g/mol. The van der Waals surface area contributed by atoms with Crippen LogP contribution in [0.25, 0.3) is 0 Å². The van der Waals surface area contributed by atoms with Gasteiger partial charge in [-0.15, -0.1) is 0 Å². The Morgan fingerprint density at radius 1 is 1.30 bits per heavy atom. The number of methoxy groups -OCH3 is 1. The van der Waals surface area contributed by atoms with E-state index in [1.165, 1.54) is 30.2 Å². The maximum absolute atomic E-state index is 12.4. The summed E-state index contributed by atoms with van der Waals surface area (Å²) >= 11 is 0. The summed E-state index contributed by atoms with van der Waals surface area (Å²) < 4.78 is 9.73. The number of ether oxygens (including phenoxy) is 2. The summed E-state index contributed by atoms with van der Waals surface area (Å²) in [5.41, 5.74) is -0.108. The number of carbonyl (C=O) groups is 2. The summed E-state index contributed by atoms with van der Waals surface area (Å²) in [6.45, 7) is 4.31. The predicted molar refractivity (Wildman–Crippen MR) is 82.5 cm³/mol. The van der Waals surface area contributed by atoms with Gasteiger partial charge in [0.2, 0.25) is 0 Å². The number of nitro benzene ring substituents is 1. The van der Waals surface area contributed by atoms with Crippen molar-refractivity contribution in [3.8, 4) is 5.75 Å². The molecule has 0 aliphatic carbocycles. The molecular formula is C15H20N2O6. The predicted octanol–water partition coefficient (Wildman–Crippen LogP) is 2.02. The van der Waals surface area contributed by atoms with E-state index in [0.29, 0.717) is 6.54 Å². The van der Waals surface area contributed by atoms with E-state index in [4.69, 9.17) is 9.47 Å². The van der Waals surface area contributed by atoms with Crippen LogP contribution in [-0.4, -0.2) is 48.5 Å². The lowest BCUT2D eigenvalue weighted by Gasteiger charge is -2.20. The molecule has 0 heterocycles. The lowest BCUT2D eigenvalue weighted by molar-refractivity contribution is -0.385. The molecule has 0 bridgehead atoms. The molecule has 8 nitrogen and oxygen atoms in total. The molecule has 1 amide bonds. The van der Waals surface area contributed by atoms with Crippen LogP contribution in [-0.2, 0) is 9.53 Å². The quantitative estimate of drug-likeness (QED) is 0.412. The van der Waals surface area contributed by atoms with E-state index in [1.807, 2.05) is 0 Å². The molecule has 23 heavy (non-hydrogen) atoms. The van der Waals surface area contributed by atoms with E-state index in [1.54, 1.807) is 13.8 Å². The van der Waals surface area contributed by atoms with E-state index in [0.717, 1.165) is 0 Å². The van der Waals surface area contributed by atoms with Gasteiger partial charge in [0.1, 0.15) is 0 Å². The van der Waals surface area contributed by atoms with Crippen LogP contribution in [0.15, 0.2) is 18.2 Å². The third-order valence-corrected chi connectivity index (χ3v) is 3.18. The highest BCUT2D eigenvalue weighted by Crippen LogP contribution is 2.28. The first-order valence-corrected chi connectivity index (χ1v) is 7.21. The summed E-state index contributed by atoms with van der Waals surface area (Å²) in [6, 6.07) is 4.01. The maximum atomic E-state index is 12.4. The SMILES string of the molecule is CCOC(=O)CCN(CC)C(=O)c1ccc(OC)c([N+](=O)[O-])c1. The van der Waals surface area contributed by atoms with Crippen LogP contribution >= 0.6 is 0 Å². The first-order chi connectivity index (χ1) is 10.9. The summed E-state index contributed by atoms with van der Waals surface area (Å²) in [7, 11) is 1.32. The van der Waals surface area contributed by atoms with Crippen LogP contribution in [0.3, 0.4) is 0 Å². The zero-order valence-corrected chi connectivity index (χ0v) is 13.4. The van der Waals surface area contributed by atoms with Crippen molar-refractivity contribution in [2.24, 2.45) is 0 Å². The van der Waals surface area contributed by atoms with Crippen molar-refractivity contribution in [2.45, 2.75) is 20.3 Å². The van der Waals surface area contributed by atoms with Crippen molar-refractivity contribution >= 4 is 17.6 Å². The molecule has 0 aliphatic rings. The monoisotopic (exact) mass is 324 g/mol. The Bertz CT molecular complexity index is 587. The number of benzene rings is 1. The Balaban J connectivity index is 2.91. The Kier molecular flexibility index (Phi) is 6.98. The fourth-order valence-electron chi connectivity index (χ4n) is 2.01. The normalized spacial score (nSPS) is 10.0. The van der Waals surface area contributed by atoms with Crippen molar-refractivity contribution in [3.05, 3.63) is 33.9 Å². The van der Waals surface area contributed by atoms with Crippen LogP contribution in [0.1, 0.15) is 30.6 Å². The third-order valence-electron chi connectivity index (χ3n) is 3.18. The van der Waals surface area contributed by atoms with Gasteiger partial charge in [0.25, 0.3) is 5.91 Å². The number of nitrogens with zero attached hydrogens (tertiary/aromatic N) is 2. The number of carbonyl (C=O) groups excluding carboxylic acids is 2. The molecule has 0 fully saturated rings. The third kappa shape index (κ3) is 4.94. The van der Waals surface area contributed by atoms with Crippen LogP contribution in [0, 0.1) is 10.1 Å². The van der Waals surface area contributed by atoms with Gasteiger partial charge in [0, 0.05) is 24.7 Å². The Morgan fingerprint density at radius 2 is 2.00 bits per heavy atom. The lowest BCUT2D eigenvalue weighted by atomic mass is 10.1. The average Bonchev–Trinajstić information content (AvgIpc) is 2.54. The van der Waals surface area contributed by atoms with Gasteiger partial charge in [-0.1, -0.05) is 0 Å². The standard InChI is InChI=1S/C15H20N2O6/c1-4-16(9-8-14(18)23-5-2)15(19)11-6-7-13(22-3)12(10-11)17(20)21/h6-7,10H,4-5,8-9H2,1-3H3. The number of rotatable bonds is 8. The summed E-state index contributed by atoms with van der Waals surface area (Å²) in [5.74, 6) is -0.692. The molecule has 0 spiro atoms. The van der Waals surface area contributed by atoms with Crippen molar-refractivity contribution in [3.63, 3.8) is 0 Å². The summed E-state index contributed by atoms with van der Waals surface area (Å²) in [5, 5.41) is 11.0. The highest BCUT2D eigenvalue weighted by Gasteiger charge is 2.21. The minimum Gasteiger partial charge on any atom is -0.490 e. The highest BCUT2D eigenvalue weighted by atomic mass is 16.6. The molecule has 126 valence electrons. The Hall–Kier alpha value is -2.64. The maximum Gasteiger partial charge on any atom is 0.311 e. The van der Waals surface area contributed by atoms with Gasteiger partial charge >= 0.3 is 11.7 Å². The number of esters is 1. The molecule has 1 aromatic carbocycles. The first kappa shape index (κ1) is 18.4. The molecule has 0 N–H and O–H groups in total. The molecule has 0 radical (unpaired) electrons. The number of nitro groups is 1. The van der Waals surface area contributed by atoms with Crippen LogP contribution in [0.2, 0.25) is 0 Å². The van der Waals surface area contributed by atoms with Gasteiger partial charge in [-0.25, -0.2) is 0 Å². The molecule has 0 saturated carbocycles. The van der Waals surface area contributed by atoms with E-state index >= 15 is 0 Å².